The molecule has 0 aliphatic rings. The lowest BCUT2D eigenvalue weighted by atomic mass is 9.97. The fourth-order valence-electron chi connectivity index (χ4n) is 1.90. The van der Waals surface area contributed by atoms with Crippen molar-refractivity contribution in [3.63, 3.8) is 0 Å². The van der Waals surface area contributed by atoms with E-state index in [4.69, 9.17) is 4.74 Å². The Hall–Kier alpha value is -0.620. The summed E-state index contributed by atoms with van der Waals surface area (Å²) in [7, 11) is 0. The quantitative estimate of drug-likeness (QED) is 0.547. The molecule has 1 aromatic carbocycles. The first-order chi connectivity index (χ1) is 9.42. The molecule has 110 valence electrons. The summed E-state index contributed by atoms with van der Waals surface area (Å²) in [5, 5.41) is 9.46. The van der Waals surface area contributed by atoms with E-state index in [1.807, 2.05) is 16.8 Å². The van der Waals surface area contributed by atoms with Crippen LogP contribution in [-0.4, -0.2) is 26.9 Å². The van der Waals surface area contributed by atoms with Crippen LogP contribution in [0.1, 0.15) is 27.2 Å². The summed E-state index contributed by atoms with van der Waals surface area (Å²) in [6.45, 7) is 8.08. The molecule has 0 fully saturated rings. The van der Waals surface area contributed by atoms with Crippen molar-refractivity contribution in [3.05, 3.63) is 16.6 Å². The molecule has 0 radical (unpaired) electrons. The molecule has 0 bridgehead atoms. The minimum absolute atomic E-state index is 0.165. The number of hydrogen-bond acceptors (Lipinski definition) is 3. The number of ether oxygens (including phenoxy) is 1. The molecule has 0 saturated heterocycles. The van der Waals surface area contributed by atoms with Gasteiger partial charge in [-0.15, -0.1) is 5.10 Å². The van der Waals surface area contributed by atoms with E-state index < -0.39 is 0 Å². The summed E-state index contributed by atoms with van der Waals surface area (Å²) in [5.41, 5.74) is 2.04. The molecule has 0 aliphatic heterocycles. The van der Waals surface area contributed by atoms with Gasteiger partial charge in [0.2, 0.25) is 0 Å². The Morgan fingerprint density at radius 1 is 1.30 bits per heavy atom. The number of halogens is 2. The van der Waals surface area contributed by atoms with E-state index in [-0.39, 0.29) is 5.41 Å². The molecule has 4 nitrogen and oxygen atoms in total. The molecule has 0 unspecified atom stereocenters. The first-order valence-corrected chi connectivity index (χ1v) is 8.54. The lowest BCUT2D eigenvalue weighted by molar-refractivity contribution is 0.317. The van der Waals surface area contributed by atoms with Crippen LogP contribution < -0.4 is 4.74 Å². The average molecular weight is 405 g/mol. The topological polar surface area (TPSA) is 39.9 Å². The van der Waals surface area contributed by atoms with Crippen molar-refractivity contribution < 1.29 is 4.74 Å². The van der Waals surface area contributed by atoms with E-state index in [1.54, 1.807) is 0 Å². The maximum absolute atomic E-state index is 5.74. The Bertz CT molecular complexity index is 590. The lowest BCUT2D eigenvalue weighted by Crippen LogP contribution is -2.16. The third kappa shape index (κ3) is 3.73. The Morgan fingerprint density at radius 2 is 2.05 bits per heavy atom. The number of alkyl halides is 1. The standard InChI is InChI=1S/C14H19Br2N3O/c1-14(2,3)9-19-10-5-6-11(20-8-4-7-15)12(16)13(10)17-18-19/h5-6H,4,7-9H2,1-3H3. The van der Waals surface area contributed by atoms with E-state index >= 15 is 0 Å². The molecule has 0 atom stereocenters. The highest BCUT2D eigenvalue weighted by atomic mass is 79.9. The number of rotatable bonds is 5. The predicted octanol–water partition coefficient (Wildman–Crippen LogP) is 4.40. The Balaban J connectivity index is 2.29. The Labute approximate surface area is 136 Å². The summed E-state index contributed by atoms with van der Waals surface area (Å²) in [5.74, 6) is 0.821. The van der Waals surface area contributed by atoms with Crippen LogP contribution in [0.25, 0.3) is 11.0 Å². The van der Waals surface area contributed by atoms with Gasteiger partial charge in [-0.25, -0.2) is 4.68 Å². The summed E-state index contributed by atoms with van der Waals surface area (Å²) in [4.78, 5) is 0. The predicted molar refractivity (Wildman–Crippen MR) is 88.6 cm³/mol. The van der Waals surface area contributed by atoms with Gasteiger partial charge in [0.1, 0.15) is 11.3 Å². The third-order valence-corrected chi connectivity index (χ3v) is 4.08. The van der Waals surface area contributed by atoms with Gasteiger partial charge in [0.25, 0.3) is 0 Å². The molecule has 20 heavy (non-hydrogen) atoms. The number of aromatic nitrogens is 3. The maximum Gasteiger partial charge on any atom is 0.135 e. The van der Waals surface area contributed by atoms with Crippen molar-refractivity contribution in [2.45, 2.75) is 33.7 Å². The SMILES string of the molecule is CC(C)(C)Cn1nnc2c(Br)c(OCCCBr)ccc21. The highest BCUT2D eigenvalue weighted by Gasteiger charge is 2.17. The third-order valence-electron chi connectivity index (χ3n) is 2.75. The average Bonchev–Trinajstić information content (AvgIpc) is 2.74. The van der Waals surface area contributed by atoms with Crippen LogP contribution in [-0.2, 0) is 6.54 Å². The van der Waals surface area contributed by atoms with Gasteiger partial charge >= 0.3 is 0 Å². The number of fused-ring (bicyclic) bond motifs is 1. The maximum atomic E-state index is 5.74. The van der Waals surface area contributed by atoms with Gasteiger partial charge in [-0.2, -0.15) is 0 Å². The van der Waals surface area contributed by atoms with Gasteiger partial charge in [-0.3, -0.25) is 0 Å². The smallest absolute Gasteiger partial charge is 0.135 e. The molecule has 0 spiro atoms. The molecule has 0 N–H and O–H groups in total. The number of hydrogen-bond donors (Lipinski definition) is 0. The molecule has 2 rings (SSSR count). The van der Waals surface area contributed by atoms with Crippen molar-refractivity contribution in [1.29, 1.82) is 0 Å². The van der Waals surface area contributed by atoms with Gasteiger partial charge in [-0.05, 0) is 39.9 Å². The second-order valence-electron chi connectivity index (χ2n) is 5.94. The van der Waals surface area contributed by atoms with E-state index in [2.05, 4.69) is 62.9 Å². The highest BCUT2D eigenvalue weighted by molar-refractivity contribution is 9.10. The molecule has 1 aromatic heterocycles. The monoisotopic (exact) mass is 403 g/mol. The second-order valence-corrected chi connectivity index (χ2v) is 7.53. The first kappa shape index (κ1) is 15.8. The molecular weight excluding hydrogens is 386 g/mol. The highest BCUT2D eigenvalue weighted by Crippen LogP contribution is 2.32. The molecule has 0 saturated carbocycles. The van der Waals surface area contributed by atoms with Crippen molar-refractivity contribution >= 4 is 42.9 Å². The van der Waals surface area contributed by atoms with Crippen LogP contribution in [0.5, 0.6) is 5.75 Å². The molecule has 6 heteroatoms. The van der Waals surface area contributed by atoms with Gasteiger partial charge in [0.15, 0.2) is 0 Å². The van der Waals surface area contributed by atoms with Crippen LogP contribution in [0.4, 0.5) is 0 Å². The van der Waals surface area contributed by atoms with Crippen LogP contribution in [0.2, 0.25) is 0 Å². The molecular formula is C14H19Br2N3O. The van der Waals surface area contributed by atoms with E-state index in [9.17, 15) is 0 Å². The van der Waals surface area contributed by atoms with Crippen LogP contribution in [0, 0.1) is 5.41 Å². The summed E-state index contributed by atoms with van der Waals surface area (Å²) in [6.07, 6.45) is 0.973. The largest absolute Gasteiger partial charge is 0.492 e. The molecule has 0 aliphatic carbocycles. The zero-order valence-electron chi connectivity index (χ0n) is 12.0. The van der Waals surface area contributed by atoms with Crippen molar-refractivity contribution in [3.8, 4) is 5.75 Å². The van der Waals surface area contributed by atoms with Crippen LogP contribution in [0.3, 0.4) is 0 Å². The van der Waals surface area contributed by atoms with Crippen molar-refractivity contribution in [2.24, 2.45) is 5.41 Å². The van der Waals surface area contributed by atoms with Gasteiger partial charge in [0, 0.05) is 11.9 Å². The van der Waals surface area contributed by atoms with E-state index in [0.29, 0.717) is 6.61 Å². The van der Waals surface area contributed by atoms with Gasteiger partial charge in [0.05, 0.1) is 16.6 Å². The minimum atomic E-state index is 0.165. The second kappa shape index (κ2) is 6.43. The molecule has 1 heterocycles. The van der Waals surface area contributed by atoms with Gasteiger partial charge in [-0.1, -0.05) is 41.9 Å². The van der Waals surface area contributed by atoms with Gasteiger partial charge < -0.3 is 4.74 Å². The van der Waals surface area contributed by atoms with Crippen molar-refractivity contribution in [2.75, 3.05) is 11.9 Å². The zero-order valence-corrected chi connectivity index (χ0v) is 15.2. The number of nitrogens with zero attached hydrogens (tertiary/aromatic N) is 3. The van der Waals surface area contributed by atoms with Crippen LogP contribution >= 0.6 is 31.9 Å². The fraction of sp³-hybridized carbons (Fsp3) is 0.571. The lowest BCUT2D eigenvalue weighted by Gasteiger charge is -2.18. The van der Waals surface area contributed by atoms with E-state index in [1.165, 1.54) is 0 Å². The first-order valence-electron chi connectivity index (χ1n) is 6.63. The zero-order chi connectivity index (χ0) is 14.8. The number of benzene rings is 1. The molecule has 0 amide bonds. The summed E-state index contributed by atoms with van der Waals surface area (Å²) < 4.78 is 8.57. The van der Waals surface area contributed by atoms with Crippen LogP contribution in [0.15, 0.2) is 16.6 Å². The normalized spacial score (nSPS) is 12.1. The summed E-state index contributed by atoms with van der Waals surface area (Å²) in [6, 6.07) is 4.00. The minimum Gasteiger partial charge on any atom is -0.492 e. The Kier molecular flexibility index (Phi) is 5.07. The fourth-order valence-corrected chi connectivity index (χ4v) is 2.66. The van der Waals surface area contributed by atoms with Crippen molar-refractivity contribution in [1.82, 2.24) is 15.0 Å². The Morgan fingerprint density at radius 3 is 2.70 bits per heavy atom. The molecule has 2 aromatic rings. The van der Waals surface area contributed by atoms with E-state index in [0.717, 1.165) is 39.6 Å². The summed E-state index contributed by atoms with van der Waals surface area (Å²) >= 11 is 6.97.